The van der Waals surface area contributed by atoms with Crippen LogP contribution in [0.25, 0.3) is 0 Å². The van der Waals surface area contributed by atoms with Crippen molar-refractivity contribution in [3.63, 3.8) is 0 Å². The van der Waals surface area contributed by atoms with Crippen LogP contribution in [0.3, 0.4) is 0 Å². The first-order chi connectivity index (χ1) is 13.0. The fourth-order valence-electron chi connectivity index (χ4n) is 3.89. The molecule has 8 nitrogen and oxygen atoms in total. The highest BCUT2D eigenvalue weighted by molar-refractivity contribution is 6.07. The van der Waals surface area contributed by atoms with Gasteiger partial charge in [-0.3, -0.25) is 15.0 Å². The predicted molar refractivity (Wildman–Crippen MR) is 98.9 cm³/mol. The van der Waals surface area contributed by atoms with Gasteiger partial charge in [-0.1, -0.05) is 0 Å². The van der Waals surface area contributed by atoms with E-state index in [4.69, 9.17) is 14.2 Å². The summed E-state index contributed by atoms with van der Waals surface area (Å²) in [6.45, 7) is 3.02. The van der Waals surface area contributed by atoms with Crippen molar-refractivity contribution in [2.75, 3.05) is 47.6 Å². The fraction of sp³-hybridized carbons (Fsp3) is 0.579. The molecular formula is C19H27N3O5. The lowest BCUT2D eigenvalue weighted by Crippen LogP contribution is -2.57. The van der Waals surface area contributed by atoms with Gasteiger partial charge in [0.25, 0.3) is 5.91 Å². The van der Waals surface area contributed by atoms with E-state index < -0.39 is 5.54 Å². The van der Waals surface area contributed by atoms with Crippen LogP contribution < -0.4 is 14.8 Å². The zero-order valence-corrected chi connectivity index (χ0v) is 16.1. The minimum absolute atomic E-state index is 0.189. The highest BCUT2D eigenvalue weighted by atomic mass is 16.5. The lowest BCUT2D eigenvalue weighted by atomic mass is 9.86. The second-order valence-electron chi connectivity index (χ2n) is 6.93. The summed E-state index contributed by atoms with van der Waals surface area (Å²) in [6, 6.07) is 5.51. The average Bonchev–Trinajstić information content (AvgIpc) is 2.90. The molecule has 0 unspecified atom stereocenters. The third-order valence-corrected chi connectivity index (χ3v) is 5.42. The SMILES string of the molecule is COCCN1C(=O)NC(=O)C12CCN(Cc1cc(OC)cc(OC)c1)CC2. The van der Waals surface area contributed by atoms with Gasteiger partial charge in [0.05, 0.1) is 20.8 Å². The van der Waals surface area contributed by atoms with E-state index in [2.05, 4.69) is 10.2 Å². The van der Waals surface area contributed by atoms with Crippen LogP contribution in [0.2, 0.25) is 0 Å². The normalized spacial score (nSPS) is 19.4. The Morgan fingerprint density at radius 2 is 1.67 bits per heavy atom. The molecule has 3 rings (SSSR count). The number of imide groups is 1. The van der Waals surface area contributed by atoms with Gasteiger partial charge in [0.2, 0.25) is 0 Å². The van der Waals surface area contributed by atoms with Crippen LogP contribution in [0.4, 0.5) is 4.79 Å². The summed E-state index contributed by atoms with van der Waals surface area (Å²) in [7, 11) is 4.86. The summed E-state index contributed by atoms with van der Waals surface area (Å²) in [5, 5.41) is 2.47. The molecule has 0 radical (unpaired) electrons. The van der Waals surface area contributed by atoms with Crippen LogP contribution in [-0.4, -0.2) is 74.8 Å². The maximum absolute atomic E-state index is 12.5. The maximum atomic E-state index is 12.5. The van der Waals surface area contributed by atoms with E-state index in [-0.39, 0.29) is 11.9 Å². The van der Waals surface area contributed by atoms with E-state index in [1.807, 2.05) is 18.2 Å². The molecular weight excluding hydrogens is 350 g/mol. The molecule has 1 aromatic carbocycles. The molecule has 2 aliphatic rings. The van der Waals surface area contributed by atoms with E-state index in [0.29, 0.717) is 26.0 Å². The molecule has 0 aliphatic carbocycles. The number of urea groups is 1. The third kappa shape index (κ3) is 3.86. The highest BCUT2D eigenvalue weighted by Gasteiger charge is 2.53. The molecule has 27 heavy (non-hydrogen) atoms. The van der Waals surface area contributed by atoms with Crippen molar-refractivity contribution in [3.05, 3.63) is 23.8 Å². The minimum atomic E-state index is -0.752. The summed E-state index contributed by atoms with van der Waals surface area (Å²) >= 11 is 0. The molecule has 2 fully saturated rings. The molecule has 2 saturated heterocycles. The van der Waals surface area contributed by atoms with Gasteiger partial charge in [-0.15, -0.1) is 0 Å². The average molecular weight is 377 g/mol. The topological polar surface area (TPSA) is 80.3 Å². The first kappa shape index (κ1) is 19.4. The molecule has 2 heterocycles. The third-order valence-electron chi connectivity index (χ3n) is 5.42. The Balaban J connectivity index is 1.68. The molecule has 1 N–H and O–H groups in total. The number of methoxy groups -OCH3 is 3. The Labute approximate surface area is 159 Å². The van der Waals surface area contributed by atoms with E-state index in [0.717, 1.165) is 36.7 Å². The Kier molecular flexibility index (Phi) is 5.86. The Morgan fingerprint density at radius 3 is 2.22 bits per heavy atom. The number of carbonyl (C=O) groups excluding carboxylic acids is 2. The quantitative estimate of drug-likeness (QED) is 0.720. The minimum Gasteiger partial charge on any atom is -0.497 e. The smallest absolute Gasteiger partial charge is 0.325 e. The van der Waals surface area contributed by atoms with Crippen molar-refractivity contribution in [1.29, 1.82) is 0 Å². The summed E-state index contributed by atoms with van der Waals surface area (Å²) < 4.78 is 15.8. The number of hydrogen-bond acceptors (Lipinski definition) is 6. The predicted octanol–water partition coefficient (Wildman–Crippen LogP) is 1.24. The maximum Gasteiger partial charge on any atom is 0.325 e. The first-order valence-corrected chi connectivity index (χ1v) is 9.08. The standard InChI is InChI=1S/C19H27N3O5/c1-25-9-8-22-18(24)20-17(23)19(22)4-6-21(7-5-19)13-14-10-15(26-2)12-16(11-14)27-3/h10-12H,4-9,13H2,1-3H3,(H,20,23,24). The van der Waals surface area contributed by atoms with Gasteiger partial charge in [-0.2, -0.15) is 0 Å². The van der Waals surface area contributed by atoms with Crippen LogP contribution in [-0.2, 0) is 16.1 Å². The lowest BCUT2D eigenvalue weighted by Gasteiger charge is -2.42. The number of benzene rings is 1. The molecule has 0 saturated carbocycles. The van der Waals surface area contributed by atoms with Gasteiger partial charge in [0, 0.05) is 39.4 Å². The Bertz CT molecular complexity index is 678. The number of nitrogens with one attached hydrogen (secondary N) is 1. The molecule has 2 aliphatic heterocycles. The second kappa shape index (κ2) is 8.14. The molecule has 0 atom stereocenters. The van der Waals surface area contributed by atoms with Crippen LogP contribution in [0.5, 0.6) is 11.5 Å². The summed E-state index contributed by atoms with van der Waals surface area (Å²) in [6.07, 6.45) is 1.21. The van der Waals surface area contributed by atoms with Gasteiger partial charge < -0.3 is 19.1 Å². The van der Waals surface area contributed by atoms with Gasteiger partial charge in [0.1, 0.15) is 17.0 Å². The lowest BCUT2D eigenvalue weighted by molar-refractivity contribution is -0.129. The van der Waals surface area contributed by atoms with Crippen molar-refractivity contribution >= 4 is 11.9 Å². The van der Waals surface area contributed by atoms with E-state index >= 15 is 0 Å². The molecule has 3 amide bonds. The molecule has 0 bridgehead atoms. The molecule has 1 spiro atoms. The number of piperidine rings is 1. The van der Waals surface area contributed by atoms with Crippen LogP contribution in [0.1, 0.15) is 18.4 Å². The molecule has 148 valence electrons. The monoisotopic (exact) mass is 377 g/mol. The van der Waals surface area contributed by atoms with Crippen molar-refractivity contribution < 1.29 is 23.8 Å². The second-order valence-corrected chi connectivity index (χ2v) is 6.93. The van der Waals surface area contributed by atoms with Crippen molar-refractivity contribution in [1.82, 2.24) is 15.1 Å². The number of carbonyl (C=O) groups is 2. The van der Waals surface area contributed by atoms with Crippen molar-refractivity contribution in [3.8, 4) is 11.5 Å². The zero-order valence-electron chi connectivity index (χ0n) is 16.1. The van der Waals surface area contributed by atoms with E-state index in [1.165, 1.54) is 0 Å². The summed E-state index contributed by atoms with van der Waals surface area (Å²) in [5.41, 5.74) is 0.336. The van der Waals surface area contributed by atoms with Crippen LogP contribution in [0.15, 0.2) is 18.2 Å². The number of rotatable bonds is 7. The van der Waals surface area contributed by atoms with Crippen LogP contribution >= 0.6 is 0 Å². The van der Waals surface area contributed by atoms with Crippen molar-refractivity contribution in [2.24, 2.45) is 0 Å². The van der Waals surface area contributed by atoms with Gasteiger partial charge in [-0.25, -0.2) is 4.79 Å². The Hall–Kier alpha value is -2.32. The highest BCUT2D eigenvalue weighted by Crippen LogP contribution is 2.34. The van der Waals surface area contributed by atoms with E-state index in [9.17, 15) is 9.59 Å². The number of likely N-dealkylation sites (tertiary alicyclic amines) is 1. The zero-order chi connectivity index (χ0) is 19.4. The van der Waals surface area contributed by atoms with Gasteiger partial charge in [0.15, 0.2) is 0 Å². The fourth-order valence-corrected chi connectivity index (χ4v) is 3.89. The van der Waals surface area contributed by atoms with Crippen molar-refractivity contribution in [2.45, 2.75) is 24.9 Å². The molecule has 8 heteroatoms. The number of ether oxygens (including phenoxy) is 3. The van der Waals surface area contributed by atoms with Gasteiger partial charge in [-0.05, 0) is 30.5 Å². The molecule has 0 aromatic heterocycles. The Morgan fingerprint density at radius 1 is 1.04 bits per heavy atom. The van der Waals surface area contributed by atoms with Crippen LogP contribution in [0, 0.1) is 0 Å². The molecule has 1 aromatic rings. The van der Waals surface area contributed by atoms with Gasteiger partial charge >= 0.3 is 6.03 Å². The summed E-state index contributed by atoms with van der Waals surface area (Å²) in [5.74, 6) is 1.32. The first-order valence-electron chi connectivity index (χ1n) is 9.08. The number of hydrogen-bond donors (Lipinski definition) is 1. The number of nitrogens with zero attached hydrogens (tertiary/aromatic N) is 2. The summed E-state index contributed by atoms with van der Waals surface area (Å²) in [4.78, 5) is 28.6. The van der Waals surface area contributed by atoms with E-state index in [1.54, 1.807) is 26.2 Å². The largest absolute Gasteiger partial charge is 0.497 e. The number of amides is 3.